The van der Waals surface area contributed by atoms with Gasteiger partial charge in [0.05, 0.1) is 6.26 Å². The molecule has 0 saturated heterocycles. The number of rotatable bonds is 5. The van der Waals surface area contributed by atoms with Gasteiger partial charge in [0.25, 0.3) is 0 Å². The summed E-state index contributed by atoms with van der Waals surface area (Å²) in [5.41, 5.74) is 0. The highest BCUT2D eigenvalue weighted by molar-refractivity contribution is 4.66. The molecule has 0 N–H and O–H groups in total. The van der Waals surface area contributed by atoms with Gasteiger partial charge in [-0.1, -0.05) is 6.08 Å². The molecule has 0 bridgehead atoms. The number of methoxy groups -OCH3 is 3. The van der Waals surface area contributed by atoms with Gasteiger partial charge in [-0.25, -0.2) is 0 Å². The van der Waals surface area contributed by atoms with Gasteiger partial charge in [0.2, 0.25) is 0 Å². The fraction of sp³-hybridized carbons (Fsp3) is 0.714. The van der Waals surface area contributed by atoms with Gasteiger partial charge >= 0.3 is 6.16 Å². The molecule has 0 saturated carbocycles. The molecule has 0 aliphatic carbocycles. The van der Waals surface area contributed by atoms with Gasteiger partial charge in [-0.3, -0.25) is 14.2 Å². The minimum absolute atomic E-state index is 1.41. The number of hydrogen-bond acceptors (Lipinski definition) is 4. The molecule has 0 aliphatic rings. The van der Waals surface area contributed by atoms with E-state index in [1.807, 2.05) is 6.92 Å². The Kier molecular flexibility index (Phi) is 4.85. The van der Waals surface area contributed by atoms with E-state index in [9.17, 15) is 0 Å². The highest BCUT2D eigenvalue weighted by atomic mass is 17.0. The Bertz CT molecular complexity index is 109. The van der Waals surface area contributed by atoms with Crippen LogP contribution in [0.4, 0.5) is 0 Å². The quantitative estimate of drug-likeness (QED) is 0.448. The third-order valence-corrected chi connectivity index (χ3v) is 1.10. The van der Waals surface area contributed by atoms with Crippen molar-refractivity contribution in [1.82, 2.24) is 0 Å². The van der Waals surface area contributed by atoms with E-state index >= 15 is 0 Å². The maximum atomic E-state index is 4.98. The zero-order chi connectivity index (χ0) is 8.74. The van der Waals surface area contributed by atoms with Crippen molar-refractivity contribution in [3.63, 3.8) is 0 Å². The van der Waals surface area contributed by atoms with E-state index in [0.717, 1.165) is 0 Å². The number of allylic oxidation sites excluding steroid dienone is 1. The lowest BCUT2D eigenvalue weighted by Crippen LogP contribution is -2.37. The van der Waals surface area contributed by atoms with E-state index in [-0.39, 0.29) is 0 Å². The smallest absolute Gasteiger partial charge is 0.425 e. The lowest BCUT2D eigenvalue weighted by atomic mass is 10.7. The van der Waals surface area contributed by atoms with Gasteiger partial charge in [-0.15, -0.1) is 0 Å². The van der Waals surface area contributed by atoms with E-state index in [4.69, 9.17) is 18.9 Å². The third kappa shape index (κ3) is 2.88. The second-order valence-corrected chi connectivity index (χ2v) is 1.70. The van der Waals surface area contributed by atoms with E-state index in [0.29, 0.717) is 0 Å². The normalized spacial score (nSPS) is 12.4. The molecule has 0 aliphatic heterocycles. The summed E-state index contributed by atoms with van der Waals surface area (Å²) in [5.74, 6) is 0. The Hall–Kier alpha value is -0.580. The molecule has 0 amide bonds. The van der Waals surface area contributed by atoms with Crippen molar-refractivity contribution in [1.29, 1.82) is 0 Å². The minimum Gasteiger partial charge on any atom is -0.425 e. The first kappa shape index (κ1) is 10.4. The van der Waals surface area contributed by atoms with Crippen molar-refractivity contribution in [2.75, 3.05) is 21.3 Å². The van der Waals surface area contributed by atoms with Crippen LogP contribution in [-0.2, 0) is 18.9 Å². The Morgan fingerprint density at radius 3 is 1.73 bits per heavy atom. The second-order valence-electron chi connectivity index (χ2n) is 1.70. The van der Waals surface area contributed by atoms with Crippen molar-refractivity contribution in [3.8, 4) is 0 Å². The van der Waals surface area contributed by atoms with Gasteiger partial charge in [-0.05, 0) is 6.92 Å². The van der Waals surface area contributed by atoms with Crippen LogP contribution in [0.5, 0.6) is 0 Å². The minimum atomic E-state index is -1.41. The lowest BCUT2D eigenvalue weighted by Gasteiger charge is -2.25. The summed E-state index contributed by atoms with van der Waals surface area (Å²) in [6.45, 7) is 1.81. The maximum absolute atomic E-state index is 4.98. The zero-order valence-corrected chi connectivity index (χ0v) is 7.29. The fourth-order valence-electron chi connectivity index (χ4n) is 0.546. The summed E-state index contributed by atoms with van der Waals surface area (Å²) in [5, 5.41) is 0. The first-order valence-corrected chi connectivity index (χ1v) is 3.19. The molecule has 0 rings (SSSR count). The molecular weight excluding hydrogens is 148 g/mol. The molecule has 4 heteroatoms. The van der Waals surface area contributed by atoms with E-state index in [1.54, 1.807) is 6.08 Å². The monoisotopic (exact) mass is 162 g/mol. The molecule has 0 fully saturated rings. The van der Waals surface area contributed by atoms with Crippen molar-refractivity contribution in [2.24, 2.45) is 0 Å². The van der Waals surface area contributed by atoms with E-state index in [1.165, 1.54) is 27.6 Å². The van der Waals surface area contributed by atoms with E-state index in [2.05, 4.69) is 0 Å². The van der Waals surface area contributed by atoms with Crippen LogP contribution >= 0.6 is 0 Å². The topological polar surface area (TPSA) is 36.9 Å². The first-order valence-electron chi connectivity index (χ1n) is 3.19. The molecule has 4 nitrogen and oxygen atoms in total. The van der Waals surface area contributed by atoms with Crippen LogP contribution in [0.25, 0.3) is 0 Å². The molecule has 66 valence electrons. The second kappa shape index (κ2) is 5.12. The van der Waals surface area contributed by atoms with Gasteiger partial charge < -0.3 is 4.74 Å². The molecule has 0 atom stereocenters. The van der Waals surface area contributed by atoms with Crippen LogP contribution in [0.15, 0.2) is 12.3 Å². The van der Waals surface area contributed by atoms with Crippen molar-refractivity contribution >= 4 is 0 Å². The summed E-state index contributed by atoms with van der Waals surface area (Å²) in [4.78, 5) is 0. The SMILES string of the molecule is CC=COC(OC)(OC)OC. The van der Waals surface area contributed by atoms with Gasteiger partial charge in [0.15, 0.2) is 0 Å². The van der Waals surface area contributed by atoms with Crippen LogP contribution in [0.1, 0.15) is 6.92 Å². The average Bonchev–Trinajstić information content (AvgIpc) is 2.08. The maximum Gasteiger partial charge on any atom is 0.459 e. The molecule has 0 radical (unpaired) electrons. The Morgan fingerprint density at radius 2 is 1.45 bits per heavy atom. The zero-order valence-electron chi connectivity index (χ0n) is 7.29. The Morgan fingerprint density at radius 1 is 1.00 bits per heavy atom. The summed E-state index contributed by atoms with van der Waals surface area (Å²) < 4.78 is 19.4. The fourth-order valence-corrected chi connectivity index (χ4v) is 0.546. The van der Waals surface area contributed by atoms with Crippen LogP contribution in [0.3, 0.4) is 0 Å². The van der Waals surface area contributed by atoms with Crippen molar-refractivity contribution < 1.29 is 18.9 Å². The molecule has 0 aromatic rings. The Labute approximate surface area is 66.7 Å². The number of hydrogen-bond donors (Lipinski definition) is 0. The highest BCUT2D eigenvalue weighted by Gasteiger charge is 2.31. The molecule has 0 unspecified atom stereocenters. The third-order valence-electron chi connectivity index (χ3n) is 1.10. The lowest BCUT2D eigenvalue weighted by molar-refractivity contribution is -0.464. The van der Waals surface area contributed by atoms with Crippen LogP contribution in [0, 0.1) is 0 Å². The summed E-state index contributed by atoms with van der Waals surface area (Å²) in [7, 11) is 4.28. The molecular formula is C7H14O4. The molecule has 0 heterocycles. The van der Waals surface area contributed by atoms with Crippen LogP contribution in [-0.4, -0.2) is 27.5 Å². The molecule has 11 heavy (non-hydrogen) atoms. The summed E-state index contributed by atoms with van der Waals surface area (Å²) in [6, 6.07) is 0. The Balaban J connectivity index is 4.04. The first-order chi connectivity index (χ1) is 5.24. The van der Waals surface area contributed by atoms with Gasteiger partial charge in [-0.2, -0.15) is 0 Å². The molecule has 0 aromatic heterocycles. The van der Waals surface area contributed by atoms with Gasteiger partial charge in [0, 0.05) is 21.3 Å². The van der Waals surface area contributed by atoms with Gasteiger partial charge in [0.1, 0.15) is 0 Å². The molecule has 0 spiro atoms. The molecule has 0 aromatic carbocycles. The predicted molar refractivity (Wildman–Crippen MR) is 39.7 cm³/mol. The van der Waals surface area contributed by atoms with E-state index < -0.39 is 6.16 Å². The highest BCUT2D eigenvalue weighted by Crippen LogP contribution is 2.13. The van der Waals surface area contributed by atoms with Crippen molar-refractivity contribution in [3.05, 3.63) is 12.3 Å². The summed E-state index contributed by atoms with van der Waals surface area (Å²) >= 11 is 0. The van der Waals surface area contributed by atoms with Crippen LogP contribution in [0.2, 0.25) is 0 Å². The standard InChI is InChI=1S/C7H14O4/c1-5-6-11-7(8-2,9-3)10-4/h5-6H,1-4H3. The predicted octanol–water partition coefficient (Wildman–Crippen LogP) is 1.09. The van der Waals surface area contributed by atoms with Crippen molar-refractivity contribution in [2.45, 2.75) is 13.1 Å². The average molecular weight is 162 g/mol. The van der Waals surface area contributed by atoms with Crippen LogP contribution < -0.4 is 0 Å². The largest absolute Gasteiger partial charge is 0.459 e. The summed E-state index contributed by atoms with van der Waals surface area (Å²) in [6.07, 6.45) is 1.72. The number of ether oxygens (including phenoxy) is 4.